The van der Waals surface area contributed by atoms with Gasteiger partial charge in [-0.05, 0) is 48.6 Å². The van der Waals surface area contributed by atoms with Gasteiger partial charge in [-0.1, -0.05) is 54.6 Å². The van der Waals surface area contributed by atoms with E-state index in [9.17, 15) is 4.79 Å². The average Bonchev–Trinajstić information content (AvgIpc) is 2.69. The number of rotatable bonds is 6. The quantitative estimate of drug-likeness (QED) is 0.568. The molecule has 0 saturated carbocycles. The highest BCUT2D eigenvalue weighted by Crippen LogP contribution is 2.25. The average molecular weight is 362 g/mol. The summed E-state index contributed by atoms with van der Waals surface area (Å²) in [4.78, 5) is 13.5. The molecule has 0 unspecified atom stereocenters. The lowest BCUT2D eigenvalue weighted by Gasteiger charge is -2.17. The van der Waals surface area contributed by atoms with Crippen molar-refractivity contribution in [1.29, 1.82) is 0 Å². The molecule has 1 amide bonds. The lowest BCUT2D eigenvalue weighted by atomic mass is 10.1. The molecule has 0 saturated heterocycles. The number of amides is 1. The number of benzene rings is 3. The van der Waals surface area contributed by atoms with Gasteiger partial charge in [0.2, 0.25) is 5.91 Å². The van der Waals surface area contributed by atoms with Crippen LogP contribution < -0.4 is 10.6 Å². The highest BCUT2D eigenvalue weighted by molar-refractivity contribution is 7.98. The molecule has 0 aliphatic carbocycles. The van der Waals surface area contributed by atoms with Crippen LogP contribution in [0, 0.1) is 0 Å². The largest absolute Gasteiger partial charge is 0.374 e. The predicted molar refractivity (Wildman–Crippen MR) is 112 cm³/mol. The van der Waals surface area contributed by atoms with Crippen LogP contribution in [-0.2, 0) is 4.79 Å². The number of hydrogen-bond donors (Lipinski definition) is 2. The summed E-state index contributed by atoms with van der Waals surface area (Å²) in [6, 6.07) is 25.8. The van der Waals surface area contributed by atoms with Gasteiger partial charge in [-0.15, -0.1) is 11.8 Å². The van der Waals surface area contributed by atoms with Gasteiger partial charge in [0.25, 0.3) is 0 Å². The number of hydrogen-bond acceptors (Lipinski definition) is 3. The second-order valence-corrected chi connectivity index (χ2v) is 6.85. The second kappa shape index (κ2) is 8.59. The molecule has 3 nitrogen and oxygen atoms in total. The van der Waals surface area contributed by atoms with Gasteiger partial charge in [0, 0.05) is 10.6 Å². The third-order valence-electron chi connectivity index (χ3n) is 4.13. The molecular formula is C22H22N2OS. The molecule has 2 N–H and O–H groups in total. The van der Waals surface area contributed by atoms with Crippen molar-refractivity contribution in [2.24, 2.45) is 0 Å². The number of thioether (sulfide) groups is 1. The van der Waals surface area contributed by atoms with Gasteiger partial charge in [-0.2, -0.15) is 0 Å². The summed E-state index contributed by atoms with van der Waals surface area (Å²) in [5, 5.41) is 6.26. The van der Waals surface area contributed by atoms with Crippen LogP contribution in [-0.4, -0.2) is 18.2 Å². The molecule has 0 radical (unpaired) electrons. The van der Waals surface area contributed by atoms with Gasteiger partial charge < -0.3 is 10.6 Å². The third-order valence-corrected chi connectivity index (χ3v) is 4.93. The summed E-state index contributed by atoms with van der Waals surface area (Å²) < 4.78 is 0. The third kappa shape index (κ3) is 4.46. The molecule has 0 spiro atoms. The Bertz CT molecular complexity index is 863. The van der Waals surface area contributed by atoms with Crippen LogP contribution in [0.1, 0.15) is 6.92 Å². The fourth-order valence-electron chi connectivity index (χ4n) is 2.69. The summed E-state index contributed by atoms with van der Waals surface area (Å²) in [5.74, 6) is -0.0568. The fourth-order valence-corrected chi connectivity index (χ4v) is 3.25. The summed E-state index contributed by atoms with van der Waals surface area (Å²) >= 11 is 1.62. The standard InChI is InChI=1S/C22H22N2OS/c1-16(22(25)24-20-10-6-7-11-21(20)26-2)23-19-14-12-18(13-15-19)17-8-4-3-5-9-17/h3-16,23H,1-2H3,(H,24,25)/t16-/m1/s1. The highest BCUT2D eigenvalue weighted by Gasteiger charge is 2.14. The Balaban J connectivity index is 1.64. The van der Waals surface area contributed by atoms with Crippen LogP contribution in [0.5, 0.6) is 0 Å². The van der Waals surface area contributed by atoms with E-state index in [0.29, 0.717) is 0 Å². The lowest BCUT2D eigenvalue weighted by Crippen LogP contribution is -2.32. The first-order valence-electron chi connectivity index (χ1n) is 8.53. The molecule has 132 valence electrons. The predicted octanol–water partition coefficient (Wildman–Crippen LogP) is 5.51. The maximum atomic E-state index is 12.5. The molecule has 26 heavy (non-hydrogen) atoms. The number of anilines is 2. The smallest absolute Gasteiger partial charge is 0.246 e. The van der Waals surface area contributed by atoms with Crippen molar-refractivity contribution in [3.05, 3.63) is 78.9 Å². The minimum atomic E-state index is -0.340. The molecule has 3 aromatic rings. The highest BCUT2D eigenvalue weighted by atomic mass is 32.2. The summed E-state index contributed by atoms with van der Waals surface area (Å²) in [5.41, 5.74) is 4.10. The zero-order chi connectivity index (χ0) is 18.4. The molecule has 0 aliphatic rings. The van der Waals surface area contributed by atoms with Crippen molar-refractivity contribution < 1.29 is 4.79 Å². The van der Waals surface area contributed by atoms with Gasteiger partial charge in [0.05, 0.1) is 5.69 Å². The Labute approximate surface area is 158 Å². The molecule has 0 bridgehead atoms. The first kappa shape index (κ1) is 18.1. The first-order valence-corrected chi connectivity index (χ1v) is 9.76. The van der Waals surface area contributed by atoms with E-state index in [1.807, 2.05) is 67.8 Å². The lowest BCUT2D eigenvalue weighted by molar-refractivity contribution is -0.116. The van der Waals surface area contributed by atoms with Crippen molar-refractivity contribution in [2.45, 2.75) is 17.9 Å². The zero-order valence-electron chi connectivity index (χ0n) is 14.9. The van der Waals surface area contributed by atoms with Crippen molar-refractivity contribution in [3.63, 3.8) is 0 Å². The normalized spacial score (nSPS) is 11.6. The van der Waals surface area contributed by atoms with Gasteiger partial charge in [0.15, 0.2) is 0 Å². The van der Waals surface area contributed by atoms with Crippen LogP contribution in [0.25, 0.3) is 11.1 Å². The molecule has 0 heterocycles. The van der Waals surface area contributed by atoms with Crippen LogP contribution in [0.2, 0.25) is 0 Å². The molecule has 3 rings (SSSR count). The maximum Gasteiger partial charge on any atom is 0.246 e. The Kier molecular flexibility index (Phi) is 5.97. The van der Waals surface area contributed by atoms with Crippen LogP contribution in [0.4, 0.5) is 11.4 Å². The molecule has 4 heteroatoms. The van der Waals surface area contributed by atoms with Crippen molar-refractivity contribution in [3.8, 4) is 11.1 Å². The maximum absolute atomic E-state index is 12.5. The van der Waals surface area contributed by atoms with Crippen molar-refractivity contribution in [2.75, 3.05) is 16.9 Å². The van der Waals surface area contributed by atoms with E-state index in [2.05, 4.69) is 34.9 Å². The molecular weight excluding hydrogens is 340 g/mol. The molecule has 0 aromatic heterocycles. The van der Waals surface area contributed by atoms with E-state index in [-0.39, 0.29) is 11.9 Å². The molecule has 3 aromatic carbocycles. The van der Waals surface area contributed by atoms with E-state index in [1.54, 1.807) is 11.8 Å². The van der Waals surface area contributed by atoms with Crippen LogP contribution >= 0.6 is 11.8 Å². The fraction of sp³-hybridized carbons (Fsp3) is 0.136. The van der Waals surface area contributed by atoms with Gasteiger partial charge in [-0.25, -0.2) is 0 Å². The number of nitrogens with one attached hydrogen (secondary N) is 2. The summed E-state index contributed by atoms with van der Waals surface area (Å²) in [6.07, 6.45) is 2.00. The monoisotopic (exact) mass is 362 g/mol. The number of para-hydroxylation sites is 1. The van der Waals surface area contributed by atoms with E-state index >= 15 is 0 Å². The SMILES string of the molecule is CSc1ccccc1NC(=O)[C@@H](C)Nc1ccc(-c2ccccc2)cc1. The number of carbonyl (C=O) groups is 1. The Morgan fingerprint density at radius 1 is 0.846 bits per heavy atom. The van der Waals surface area contributed by atoms with Crippen molar-refractivity contribution in [1.82, 2.24) is 0 Å². The minimum absolute atomic E-state index is 0.0568. The first-order chi connectivity index (χ1) is 12.7. The molecule has 0 aliphatic heterocycles. The molecule has 1 atom stereocenters. The van der Waals surface area contributed by atoms with E-state index in [4.69, 9.17) is 0 Å². The Morgan fingerprint density at radius 2 is 1.46 bits per heavy atom. The van der Waals surface area contributed by atoms with Gasteiger partial charge >= 0.3 is 0 Å². The Hall–Kier alpha value is -2.72. The minimum Gasteiger partial charge on any atom is -0.374 e. The van der Waals surface area contributed by atoms with Crippen molar-refractivity contribution >= 4 is 29.0 Å². The topological polar surface area (TPSA) is 41.1 Å². The van der Waals surface area contributed by atoms with Crippen LogP contribution in [0.15, 0.2) is 83.8 Å². The van der Waals surface area contributed by atoms with Gasteiger partial charge in [0.1, 0.15) is 6.04 Å². The van der Waals surface area contributed by atoms with Gasteiger partial charge in [-0.3, -0.25) is 4.79 Å². The molecule has 0 fully saturated rings. The van der Waals surface area contributed by atoms with Crippen LogP contribution in [0.3, 0.4) is 0 Å². The zero-order valence-corrected chi connectivity index (χ0v) is 15.7. The van der Waals surface area contributed by atoms with E-state index in [0.717, 1.165) is 21.8 Å². The number of carbonyl (C=O) groups excluding carboxylic acids is 1. The summed E-state index contributed by atoms with van der Waals surface area (Å²) in [6.45, 7) is 1.86. The second-order valence-electron chi connectivity index (χ2n) is 6.00. The summed E-state index contributed by atoms with van der Waals surface area (Å²) in [7, 11) is 0. The Morgan fingerprint density at radius 3 is 2.15 bits per heavy atom. The van der Waals surface area contributed by atoms with E-state index < -0.39 is 0 Å². The van der Waals surface area contributed by atoms with E-state index in [1.165, 1.54) is 5.56 Å².